The standard InChI is InChI=1S/C24H37N5O7S/c1-37-12-10-18(27-21(32)16(26)14-20(30)31)23(34)28-17(9-5-6-11-25)22(33)29-19(24(35)36)13-15-7-3-2-4-8-15/h2-4,7-8,16-19H,5-6,9-14,25-26H2,1H3,(H,27,32)(H,28,34)(H,29,33)(H,30,31)(H,35,36). The molecule has 0 saturated heterocycles. The van der Waals surface area contributed by atoms with E-state index < -0.39 is 60.2 Å². The van der Waals surface area contributed by atoms with Crippen LogP contribution in [-0.4, -0.2) is 82.6 Å². The molecule has 1 aromatic rings. The lowest BCUT2D eigenvalue weighted by atomic mass is 10.0. The number of nitrogens with two attached hydrogens (primary N) is 2. The maximum Gasteiger partial charge on any atom is 0.326 e. The first kappa shape index (κ1) is 31.9. The number of benzene rings is 1. The molecule has 0 bridgehead atoms. The van der Waals surface area contributed by atoms with Gasteiger partial charge in [-0.2, -0.15) is 11.8 Å². The molecular formula is C24H37N5O7S. The van der Waals surface area contributed by atoms with Gasteiger partial charge < -0.3 is 37.6 Å². The number of aliphatic carboxylic acids is 2. The Balaban J connectivity index is 2.99. The average molecular weight is 540 g/mol. The van der Waals surface area contributed by atoms with Crippen LogP contribution in [0.4, 0.5) is 0 Å². The molecule has 1 aromatic carbocycles. The Labute approximate surface area is 220 Å². The molecular weight excluding hydrogens is 502 g/mol. The van der Waals surface area contributed by atoms with E-state index in [1.54, 1.807) is 30.3 Å². The highest BCUT2D eigenvalue weighted by Gasteiger charge is 2.30. The summed E-state index contributed by atoms with van der Waals surface area (Å²) < 4.78 is 0. The van der Waals surface area contributed by atoms with E-state index in [4.69, 9.17) is 16.6 Å². The fourth-order valence-electron chi connectivity index (χ4n) is 3.42. The number of hydrogen-bond donors (Lipinski definition) is 7. The molecule has 0 aromatic heterocycles. The van der Waals surface area contributed by atoms with Crippen molar-refractivity contribution >= 4 is 41.4 Å². The first-order chi connectivity index (χ1) is 17.6. The number of carbonyl (C=O) groups is 5. The summed E-state index contributed by atoms with van der Waals surface area (Å²) in [6.45, 7) is 0.377. The minimum atomic E-state index is -1.35. The van der Waals surface area contributed by atoms with Crippen LogP contribution in [0.1, 0.15) is 37.7 Å². The van der Waals surface area contributed by atoms with Crippen LogP contribution in [0.2, 0.25) is 0 Å². The van der Waals surface area contributed by atoms with Crippen LogP contribution >= 0.6 is 11.8 Å². The lowest BCUT2D eigenvalue weighted by Crippen LogP contribution is -2.57. The van der Waals surface area contributed by atoms with Crippen molar-refractivity contribution in [1.82, 2.24) is 16.0 Å². The van der Waals surface area contributed by atoms with Crippen molar-refractivity contribution < 1.29 is 34.2 Å². The lowest BCUT2D eigenvalue weighted by Gasteiger charge is -2.25. The van der Waals surface area contributed by atoms with Crippen LogP contribution in [-0.2, 0) is 30.4 Å². The highest BCUT2D eigenvalue weighted by molar-refractivity contribution is 7.98. The number of unbranched alkanes of at least 4 members (excludes halogenated alkanes) is 1. The van der Waals surface area contributed by atoms with Gasteiger partial charge in [0.2, 0.25) is 17.7 Å². The van der Waals surface area contributed by atoms with Gasteiger partial charge in [-0.1, -0.05) is 30.3 Å². The van der Waals surface area contributed by atoms with E-state index in [1.165, 1.54) is 11.8 Å². The largest absolute Gasteiger partial charge is 0.481 e. The molecule has 12 nitrogen and oxygen atoms in total. The highest BCUT2D eigenvalue weighted by atomic mass is 32.2. The summed E-state index contributed by atoms with van der Waals surface area (Å²) in [5.41, 5.74) is 11.9. The first-order valence-electron chi connectivity index (χ1n) is 11.9. The summed E-state index contributed by atoms with van der Waals surface area (Å²) in [6, 6.07) is 4.11. The van der Waals surface area contributed by atoms with Crippen LogP contribution in [0.25, 0.3) is 0 Å². The molecule has 206 valence electrons. The second-order valence-corrected chi connectivity index (χ2v) is 9.47. The summed E-state index contributed by atoms with van der Waals surface area (Å²) >= 11 is 1.43. The Morgan fingerprint density at radius 2 is 1.43 bits per heavy atom. The molecule has 3 amide bonds. The zero-order valence-corrected chi connectivity index (χ0v) is 21.7. The molecule has 0 radical (unpaired) electrons. The van der Waals surface area contributed by atoms with Crippen LogP contribution in [0.15, 0.2) is 30.3 Å². The zero-order valence-electron chi connectivity index (χ0n) is 20.9. The van der Waals surface area contributed by atoms with Gasteiger partial charge in [0.1, 0.15) is 18.1 Å². The van der Waals surface area contributed by atoms with Gasteiger partial charge in [0.25, 0.3) is 0 Å². The SMILES string of the molecule is CSCCC(NC(=O)C(N)CC(=O)O)C(=O)NC(CCCCN)C(=O)NC(Cc1ccccc1)C(=O)O. The molecule has 4 unspecified atom stereocenters. The van der Waals surface area contributed by atoms with Gasteiger partial charge in [0.05, 0.1) is 12.5 Å². The Bertz CT molecular complexity index is 903. The van der Waals surface area contributed by atoms with E-state index in [2.05, 4.69) is 16.0 Å². The smallest absolute Gasteiger partial charge is 0.326 e. The third-order valence-electron chi connectivity index (χ3n) is 5.45. The van der Waals surface area contributed by atoms with E-state index in [0.717, 1.165) is 5.56 Å². The third-order valence-corrected chi connectivity index (χ3v) is 6.10. The van der Waals surface area contributed by atoms with Gasteiger partial charge in [-0.3, -0.25) is 19.2 Å². The van der Waals surface area contributed by atoms with Crippen molar-refractivity contribution in [3.63, 3.8) is 0 Å². The van der Waals surface area contributed by atoms with Gasteiger partial charge in [-0.15, -0.1) is 0 Å². The predicted octanol–water partition coefficient (Wildman–Crippen LogP) is -0.548. The molecule has 1 rings (SSSR count). The van der Waals surface area contributed by atoms with Gasteiger partial charge in [0, 0.05) is 6.42 Å². The molecule has 9 N–H and O–H groups in total. The number of carbonyl (C=O) groups excluding carboxylic acids is 3. The minimum Gasteiger partial charge on any atom is -0.481 e. The monoisotopic (exact) mass is 539 g/mol. The summed E-state index contributed by atoms with van der Waals surface area (Å²) in [6.07, 6.45) is 2.76. The summed E-state index contributed by atoms with van der Waals surface area (Å²) in [5.74, 6) is -4.12. The number of carboxylic acids is 2. The summed E-state index contributed by atoms with van der Waals surface area (Å²) in [7, 11) is 0. The highest BCUT2D eigenvalue weighted by Crippen LogP contribution is 2.08. The molecule has 0 saturated carbocycles. The van der Waals surface area contributed by atoms with E-state index in [1.807, 2.05) is 6.26 Å². The molecule has 0 aliphatic rings. The molecule has 0 spiro atoms. The van der Waals surface area contributed by atoms with Gasteiger partial charge in [-0.25, -0.2) is 4.79 Å². The van der Waals surface area contributed by atoms with Gasteiger partial charge in [0.15, 0.2) is 0 Å². The number of nitrogens with one attached hydrogen (secondary N) is 3. The molecule has 4 atom stereocenters. The van der Waals surface area contributed by atoms with E-state index in [-0.39, 0.29) is 19.3 Å². The zero-order chi connectivity index (χ0) is 27.8. The number of amides is 3. The molecule has 37 heavy (non-hydrogen) atoms. The number of hydrogen-bond acceptors (Lipinski definition) is 8. The van der Waals surface area contributed by atoms with Crippen LogP contribution in [0, 0.1) is 0 Å². The van der Waals surface area contributed by atoms with Crippen LogP contribution in [0.5, 0.6) is 0 Å². The summed E-state index contributed by atoms with van der Waals surface area (Å²) in [4.78, 5) is 61.2. The summed E-state index contributed by atoms with van der Waals surface area (Å²) in [5, 5.41) is 26.1. The maximum atomic E-state index is 13.1. The molecule has 0 aliphatic carbocycles. The fourth-order valence-corrected chi connectivity index (χ4v) is 3.89. The number of thioether (sulfide) groups is 1. The first-order valence-corrected chi connectivity index (χ1v) is 13.3. The van der Waals surface area contributed by atoms with Crippen molar-refractivity contribution in [3.05, 3.63) is 35.9 Å². The van der Waals surface area contributed by atoms with Gasteiger partial charge >= 0.3 is 11.9 Å². The Kier molecular flexibility index (Phi) is 14.9. The topological polar surface area (TPSA) is 214 Å². The van der Waals surface area contributed by atoms with E-state index in [9.17, 15) is 29.1 Å². The van der Waals surface area contributed by atoms with E-state index in [0.29, 0.717) is 25.1 Å². The molecule has 0 heterocycles. The van der Waals surface area contributed by atoms with Crippen molar-refractivity contribution in [2.45, 2.75) is 62.7 Å². The predicted molar refractivity (Wildman–Crippen MR) is 140 cm³/mol. The van der Waals surface area contributed by atoms with Crippen molar-refractivity contribution in [2.75, 3.05) is 18.6 Å². The molecule has 0 aliphatic heterocycles. The molecule has 0 fully saturated rings. The normalized spacial score (nSPS) is 14.0. The van der Waals surface area contributed by atoms with Crippen LogP contribution < -0.4 is 27.4 Å². The Hall–Kier alpha value is -3.16. The average Bonchev–Trinajstić information content (AvgIpc) is 2.85. The Morgan fingerprint density at radius 1 is 0.865 bits per heavy atom. The molecule has 13 heteroatoms. The lowest BCUT2D eigenvalue weighted by molar-refractivity contribution is -0.142. The van der Waals surface area contributed by atoms with E-state index >= 15 is 0 Å². The second kappa shape index (κ2) is 17.3. The quantitative estimate of drug-likeness (QED) is 0.118. The number of carboxylic acid groups (broad SMARTS) is 2. The van der Waals surface area contributed by atoms with Crippen molar-refractivity contribution in [2.24, 2.45) is 11.5 Å². The number of rotatable bonds is 18. The Morgan fingerprint density at radius 3 is 1.97 bits per heavy atom. The second-order valence-electron chi connectivity index (χ2n) is 8.48. The fraction of sp³-hybridized carbons (Fsp3) is 0.542. The van der Waals surface area contributed by atoms with Crippen molar-refractivity contribution in [1.29, 1.82) is 0 Å². The van der Waals surface area contributed by atoms with Crippen molar-refractivity contribution in [3.8, 4) is 0 Å². The van der Waals surface area contributed by atoms with Gasteiger partial charge in [-0.05, 0) is 49.8 Å². The van der Waals surface area contributed by atoms with Crippen LogP contribution in [0.3, 0.4) is 0 Å². The third kappa shape index (κ3) is 12.6. The minimum absolute atomic E-state index is 0.0548. The maximum absolute atomic E-state index is 13.1.